The summed E-state index contributed by atoms with van der Waals surface area (Å²) in [5.41, 5.74) is 16.6. The molecule has 0 radical (unpaired) electrons. The van der Waals surface area contributed by atoms with Gasteiger partial charge < -0.3 is 9.14 Å². The lowest BCUT2D eigenvalue weighted by atomic mass is 9.65. The lowest BCUT2D eigenvalue weighted by molar-refractivity contribution is 0.437. The van der Waals surface area contributed by atoms with Crippen LogP contribution in [0.5, 0.6) is 11.5 Å². The molecule has 0 amide bonds. The summed E-state index contributed by atoms with van der Waals surface area (Å²) in [6, 6.07) is 29.2. The number of hydrogen-bond acceptors (Lipinski definition) is 3. The SMILES string of the molecule is c1ccc2c(c1)Oc1ccccc1C21c2ccccc2-c2cc3c4c5c(ncc4n4c6cnc7c(c6c(c21)c34)CCCC7)CCCC5. The standard InChI is InChI=1S/C43H31N3O/c1-4-14-29-24(11-1)27-21-28-38-25-12-2-7-17-32(25)44-22-34(38)46-35-23-45-33-18-8-3-13-26(33)39(35)40(42(28)46)41(27)43(29)30-15-5-9-19-36(30)47-37-20-10-6-16-31(37)43/h1,4-6,9-11,14-16,19-23H,2-3,7-8,12-13,17-18H2. The Morgan fingerprint density at radius 2 is 1.15 bits per heavy atom. The summed E-state index contributed by atoms with van der Waals surface area (Å²) in [5, 5.41) is 5.58. The van der Waals surface area contributed by atoms with E-state index in [1.165, 1.54) is 120 Å². The minimum absolute atomic E-state index is 0.522. The van der Waals surface area contributed by atoms with E-state index in [1.807, 2.05) is 0 Å². The van der Waals surface area contributed by atoms with Crippen LogP contribution < -0.4 is 4.74 Å². The second kappa shape index (κ2) is 8.57. The molecule has 4 aromatic carbocycles. The van der Waals surface area contributed by atoms with Crippen molar-refractivity contribution in [3.63, 3.8) is 0 Å². The van der Waals surface area contributed by atoms with Gasteiger partial charge in [-0.25, -0.2) is 0 Å². The van der Waals surface area contributed by atoms with Gasteiger partial charge in [0, 0.05) is 44.1 Å². The smallest absolute Gasteiger partial charge is 0.132 e. The number of rotatable bonds is 0. The molecule has 12 rings (SSSR count). The van der Waals surface area contributed by atoms with Gasteiger partial charge in [-0.05, 0) is 103 Å². The molecule has 5 heterocycles. The van der Waals surface area contributed by atoms with Gasteiger partial charge in [0.2, 0.25) is 0 Å². The zero-order chi connectivity index (χ0) is 30.4. The molecule has 1 spiro atoms. The van der Waals surface area contributed by atoms with Crippen molar-refractivity contribution in [2.75, 3.05) is 0 Å². The molecular formula is C43H31N3O. The molecule has 0 fully saturated rings. The van der Waals surface area contributed by atoms with Crippen molar-refractivity contribution >= 4 is 38.1 Å². The van der Waals surface area contributed by atoms with Gasteiger partial charge in [-0.3, -0.25) is 9.97 Å². The first-order valence-electron chi connectivity index (χ1n) is 17.3. The van der Waals surface area contributed by atoms with E-state index in [2.05, 4.69) is 95.7 Å². The average molecular weight is 606 g/mol. The maximum absolute atomic E-state index is 6.72. The third-order valence-corrected chi connectivity index (χ3v) is 12.0. The Morgan fingerprint density at radius 1 is 0.574 bits per heavy atom. The summed E-state index contributed by atoms with van der Waals surface area (Å²) in [4.78, 5) is 10.3. The molecule has 0 atom stereocenters. The van der Waals surface area contributed by atoms with Crippen molar-refractivity contribution in [1.29, 1.82) is 0 Å². The number of nitrogens with zero attached hydrogens (tertiary/aromatic N) is 3. The summed E-state index contributed by atoms with van der Waals surface area (Å²) in [7, 11) is 0. The Kier molecular flexibility index (Phi) is 4.55. The van der Waals surface area contributed by atoms with Gasteiger partial charge in [0.25, 0.3) is 0 Å². The predicted octanol–water partition coefficient (Wildman–Crippen LogP) is 9.85. The van der Waals surface area contributed by atoms with Crippen LogP contribution in [0, 0.1) is 0 Å². The maximum atomic E-state index is 6.72. The molecule has 8 aromatic rings. The minimum Gasteiger partial charge on any atom is -0.457 e. The maximum Gasteiger partial charge on any atom is 0.132 e. The van der Waals surface area contributed by atoms with E-state index in [1.54, 1.807) is 0 Å². The summed E-state index contributed by atoms with van der Waals surface area (Å²) in [6.07, 6.45) is 13.5. The average Bonchev–Trinajstić information content (AvgIpc) is 3.75. The highest BCUT2D eigenvalue weighted by Gasteiger charge is 2.53. The molecule has 0 saturated carbocycles. The van der Waals surface area contributed by atoms with Crippen molar-refractivity contribution in [2.24, 2.45) is 0 Å². The second-order valence-corrected chi connectivity index (χ2v) is 14.1. The van der Waals surface area contributed by atoms with Crippen molar-refractivity contribution in [2.45, 2.75) is 56.8 Å². The first-order chi connectivity index (χ1) is 23.3. The quantitative estimate of drug-likeness (QED) is 0.173. The molecule has 0 saturated heterocycles. The van der Waals surface area contributed by atoms with Gasteiger partial charge >= 0.3 is 0 Å². The molecule has 4 heteroatoms. The normalized spacial score (nSPS) is 17.0. The van der Waals surface area contributed by atoms with Gasteiger partial charge in [0.1, 0.15) is 11.5 Å². The van der Waals surface area contributed by atoms with E-state index in [-0.39, 0.29) is 0 Å². The summed E-state index contributed by atoms with van der Waals surface area (Å²) in [6.45, 7) is 0. The zero-order valence-electron chi connectivity index (χ0n) is 26.1. The molecule has 4 nitrogen and oxygen atoms in total. The Bertz CT molecular complexity index is 2630. The molecule has 0 bridgehead atoms. The van der Waals surface area contributed by atoms with Crippen LogP contribution in [0.1, 0.15) is 70.5 Å². The van der Waals surface area contributed by atoms with Crippen LogP contribution in [0.15, 0.2) is 91.3 Å². The van der Waals surface area contributed by atoms with Gasteiger partial charge in [0.15, 0.2) is 0 Å². The number of benzene rings is 4. The van der Waals surface area contributed by atoms with E-state index < -0.39 is 5.41 Å². The molecule has 4 aliphatic rings. The number of hydrogen-bond donors (Lipinski definition) is 0. The highest BCUT2D eigenvalue weighted by Crippen LogP contribution is 2.65. The second-order valence-electron chi connectivity index (χ2n) is 14.1. The molecule has 47 heavy (non-hydrogen) atoms. The first kappa shape index (κ1) is 24.9. The number of para-hydroxylation sites is 2. The largest absolute Gasteiger partial charge is 0.457 e. The van der Waals surface area contributed by atoms with Crippen molar-refractivity contribution in [3.8, 4) is 22.6 Å². The number of ether oxygens (including phenoxy) is 1. The van der Waals surface area contributed by atoms with Gasteiger partial charge in [-0.2, -0.15) is 0 Å². The summed E-state index contributed by atoms with van der Waals surface area (Å²) >= 11 is 0. The fourth-order valence-electron chi connectivity index (χ4n) is 10.3. The van der Waals surface area contributed by atoms with Gasteiger partial charge in [0.05, 0.1) is 34.4 Å². The highest BCUT2D eigenvalue weighted by atomic mass is 16.5. The van der Waals surface area contributed by atoms with Crippen LogP contribution in [0.3, 0.4) is 0 Å². The highest BCUT2D eigenvalue weighted by molar-refractivity contribution is 6.28. The summed E-state index contributed by atoms with van der Waals surface area (Å²) < 4.78 is 9.26. The number of pyridine rings is 2. The van der Waals surface area contributed by atoms with Crippen LogP contribution in [0.4, 0.5) is 0 Å². The van der Waals surface area contributed by atoms with Crippen molar-refractivity contribution in [3.05, 3.63) is 136 Å². The van der Waals surface area contributed by atoms with Gasteiger partial charge in [-0.15, -0.1) is 0 Å². The van der Waals surface area contributed by atoms with Crippen LogP contribution in [0.2, 0.25) is 0 Å². The third-order valence-electron chi connectivity index (χ3n) is 12.0. The number of aromatic nitrogens is 3. The van der Waals surface area contributed by atoms with E-state index in [4.69, 9.17) is 14.7 Å². The minimum atomic E-state index is -0.522. The van der Waals surface area contributed by atoms with Crippen LogP contribution in [-0.4, -0.2) is 14.4 Å². The lowest BCUT2D eigenvalue weighted by Crippen LogP contribution is -2.32. The Labute approximate surface area is 272 Å². The summed E-state index contributed by atoms with van der Waals surface area (Å²) in [5.74, 6) is 1.88. The van der Waals surface area contributed by atoms with E-state index in [0.717, 1.165) is 37.2 Å². The lowest BCUT2D eigenvalue weighted by Gasteiger charge is -2.39. The molecule has 4 aromatic heterocycles. The molecule has 0 N–H and O–H groups in total. The Balaban J connectivity index is 1.39. The molecule has 3 aliphatic carbocycles. The number of fused-ring (bicyclic) bond motifs is 20. The van der Waals surface area contributed by atoms with Crippen LogP contribution in [0.25, 0.3) is 49.2 Å². The fraction of sp³-hybridized carbons (Fsp3) is 0.209. The van der Waals surface area contributed by atoms with Crippen molar-refractivity contribution in [1.82, 2.24) is 14.4 Å². The third kappa shape index (κ3) is 2.81. The van der Waals surface area contributed by atoms with Gasteiger partial charge in [-0.1, -0.05) is 60.7 Å². The zero-order valence-corrected chi connectivity index (χ0v) is 26.1. The van der Waals surface area contributed by atoms with E-state index in [9.17, 15) is 0 Å². The van der Waals surface area contributed by atoms with E-state index in [0.29, 0.717) is 0 Å². The molecule has 0 unspecified atom stereocenters. The first-order valence-corrected chi connectivity index (χ1v) is 17.3. The van der Waals surface area contributed by atoms with Crippen molar-refractivity contribution < 1.29 is 4.74 Å². The Hall–Kier alpha value is -5.22. The number of aryl methyl sites for hydroxylation is 4. The monoisotopic (exact) mass is 605 g/mol. The topological polar surface area (TPSA) is 39.4 Å². The molecular weight excluding hydrogens is 574 g/mol. The van der Waals surface area contributed by atoms with Crippen LogP contribution in [-0.2, 0) is 31.1 Å². The fourth-order valence-corrected chi connectivity index (χ4v) is 10.3. The molecule has 1 aliphatic heterocycles. The predicted molar refractivity (Wildman–Crippen MR) is 187 cm³/mol. The van der Waals surface area contributed by atoms with E-state index >= 15 is 0 Å². The molecule has 224 valence electrons. The van der Waals surface area contributed by atoms with Crippen LogP contribution >= 0.6 is 0 Å². The Morgan fingerprint density at radius 3 is 1.85 bits per heavy atom.